The predicted molar refractivity (Wildman–Crippen MR) is 124 cm³/mol. The van der Waals surface area contributed by atoms with E-state index in [4.69, 9.17) is 14.2 Å². The van der Waals surface area contributed by atoms with Gasteiger partial charge in [0.25, 0.3) is 0 Å². The molecule has 1 aliphatic rings. The second-order valence-electron chi connectivity index (χ2n) is 8.48. The first-order valence-electron chi connectivity index (χ1n) is 11.3. The molecule has 0 aliphatic heterocycles. The molecule has 1 saturated carbocycles. The summed E-state index contributed by atoms with van der Waals surface area (Å²) in [5, 5.41) is 2.79. The first kappa shape index (κ1) is 23.5. The zero-order valence-corrected chi connectivity index (χ0v) is 19.1. The molecule has 0 bridgehead atoms. The van der Waals surface area contributed by atoms with Crippen LogP contribution in [0, 0.1) is 17.6 Å². The van der Waals surface area contributed by atoms with Gasteiger partial charge >= 0.3 is 0 Å². The van der Waals surface area contributed by atoms with E-state index in [9.17, 15) is 13.6 Å². The summed E-state index contributed by atoms with van der Waals surface area (Å²) in [7, 11) is 0. The molecule has 5 nitrogen and oxygen atoms in total. The molecule has 3 aromatic carbocycles. The van der Waals surface area contributed by atoms with Gasteiger partial charge in [-0.15, -0.1) is 0 Å². The summed E-state index contributed by atoms with van der Waals surface area (Å²) in [4.78, 5) is 11.2. The molecule has 1 N–H and O–H groups in total. The maximum Gasteiger partial charge on any atom is 0.217 e. The highest BCUT2D eigenvalue weighted by Crippen LogP contribution is 2.32. The summed E-state index contributed by atoms with van der Waals surface area (Å²) < 4.78 is 46.2. The van der Waals surface area contributed by atoms with Crippen molar-refractivity contribution < 1.29 is 27.8 Å². The Hall–Kier alpha value is -3.61. The molecule has 0 aromatic heterocycles. The Labute approximate surface area is 197 Å². The number of amides is 1. The number of hydrogen-bond donors (Lipinski definition) is 1. The SMILES string of the molecule is CC(=O)NC(C)c1ccc(OCc2c(F)cc(Oc3cccc(OCC4CC4)c3)cc2F)cc1. The molecular weight excluding hydrogens is 440 g/mol. The second-order valence-corrected chi connectivity index (χ2v) is 8.48. The quantitative estimate of drug-likeness (QED) is 0.379. The number of halogens is 2. The van der Waals surface area contributed by atoms with Gasteiger partial charge < -0.3 is 19.5 Å². The van der Waals surface area contributed by atoms with Crippen LogP contribution in [0.3, 0.4) is 0 Å². The first-order valence-corrected chi connectivity index (χ1v) is 11.3. The minimum absolute atomic E-state index is 0.0504. The van der Waals surface area contributed by atoms with Gasteiger partial charge in [0.2, 0.25) is 5.91 Å². The fourth-order valence-corrected chi connectivity index (χ4v) is 3.44. The third kappa shape index (κ3) is 6.47. The van der Waals surface area contributed by atoms with Crippen molar-refractivity contribution in [1.82, 2.24) is 5.32 Å². The third-order valence-electron chi connectivity index (χ3n) is 5.52. The lowest BCUT2D eigenvalue weighted by molar-refractivity contribution is -0.119. The monoisotopic (exact) mass is 467 g/mol. The van der Waals surface area contributed by atoms with E-state index in [1.54, 1.807) is 42.5 Å². The Bertz CT molecular complexity index is 1120. The van der Waals surface area contributed by atoms with Gasteiger partial charge in [-0.2, -0.15) is 0 Å². The molecule has 1 amide bonds. The van der Waals surface area contributed by atoms with E-state index in [0.29, 0.717) is 29.8 Å². The van der Waals surface area contributed by atoms with Gasteiger partial charge in [0.05, 0.1) is 18.2 Å². The summed E-state index contributed by atoms with van der Waals surface area (Å²) in [5.74, 6) is 0.584. The molecule has 0 spiro atoms. The Morgan fingerprint density at radius 3 is 2.26 bits per heavy atom. The maximum absolute atomic E-state index is 14.6. The fourth-order valence-electron chi connectivity index (χ4n) is 3.44. The molecule has 1 atom stereocenters. The average Bonchev–Trinajstić information content (AvgIpc) is 3.62. The van der Waals surface area contributed by atoms with Crippen molar-refractivity contribution in [3.05, 3.63) is 83.4 Å². The summed E-state index contributed by atoms with van der Waals surface area (Å²) in [6.45, 7) is 3.71. The van der Waals surface area contributed by atoms with E-state index < -0.39 is 11.6 Å². The lowest BCUT2D eigenvalue weighted by atomic mass is 10.1. The summed E-state index contributed by atoms with van der Waals surface area (Å²) >= 11 is 0. The van der Waals surface area contributed by atoms with E-state index in [1.807, 2.05) is 13.0 Å². The van der Waals surface area contributed by atoms with Crippen LogP contribution in [0.25, 0.3) is 0 Å². The molecule has 1 fully saturated rings. The Kier molecular flexibility index (Phi) is 7.30. The fraction of sp³-hybridized carbons (Fsp3) is 0.296. The summed E-state index contributed by atoms with van der Waals surface area (Å²) in [6.07, 6.45) is 2.38. The number of ether oxygens (including phenoxy) is 3. The van der Waals surface area contributed by atoms with Crippen molar-refractivity contribution in [3.8, 4) is 23.0 Å². The molecule has 0 heterocycles. The number of carbonyl (C=O) groups is 1. The number of carbonyl (C=O) groups excluding carboxylic acids is 1. The highest BCUT2D eigenvalue weighted by Gasteiger charge is 2.22. The first-order chi connectivity index (χ1) is 16.4. The van der Waals surface area contributed by atoms with Crippen LogP contribution >= 0.6 is 0 Å². The van der Waals surface area contributed by atoms with Crippen LogP contribution in [-0.2, 0) is 11.4 Å². The standard InChI is InChI=1S/C27H27F2NO4/c1-17(30-18(2)31)20-8-10-21(11-9-20)33-16-25-26(28)13-24(14-27(25)29)34-23-5-3-4-22(12-23)32-15-19-6-7-19/h3-5,8-14,17,19H,6-7,15-16H2,1-2H3,(H,30,31). The molecule has 34 heavy (non-hydrogen) atoms. The molecule has 1 aliphatic carbocycles. The van der Waals surface area contributed by atoms with Crippen LogP contribution in [0.4, 0.5) is 8.78 Å². The maximum atomic E-state index is 14.6. The summed E-state index contributed by atoms with van der Waals surface area (Å²) in [5.41, 5.74) is 0.702. The molecular formula is C27H27F2NO4. The zero-order valence-electron chi connectivity index (χ0n) is 19.1. The van der Waals surface area contributed by atoms with E-state index in [1.165, 1.54) is 19.8 Å². The van der Waals surface area contributed by atoms with Crippen molar-refractivity contribution in [1.29, 1.82) is 0 Å². The van der Waals surface area contributed by atoms with Gasteiger partial charge in [0, 0.05) is 25.1 Å². The molecule has 0 saturated heterocycles. The minimum Gasteiger partial charge on any atom is -0.493 e. The van der Waals surface area contributed by atoms with E-state index in [0.717, 1.165) is 17.7 Å². The highest BCUT2D eigenvalue weighted by atomic mass is 19.1. The van der Waals surface area contributed by atoms with Crippen LogP contribution in [0.2, 0.25) is 0 Å². The third-order valence-corrected chi connectivity index (χ3v) is 5.52. The minimum atomic E-state index is -0.757. The predicted octanol–water partition coefficient (Wildman–Crippen LogP) is 6.32. The van der Waals surface area contributed by atoms with Gasteiger partial charge in [0.1, 0.15) is 41.2 Å². The zero-order chi connectivity index (χ0) is 24.1. The Morgan fingerprint density at radius 2 is 1.62 bits per heavy atom. The Balaban J connectivity index is 1.37. The lowest BCUT2D eigenvalue weighted by Gasteiger charge is -2.14. The lowest BCUT2D eigenvalue weighted by Crippen LogP contribution is -2.23. The number of benzene rings is 3. The smallest absolute Gasteiger partial charge is 0.217 e. The second kappa shape index (κ2) is 10.5. The highest BCUT2D eigenvalue weighted by molar-refractivity contribution is 5.73. The van der Waals surface area contributed by atoms with Crippen LogP contribution in [-0.4, -0.2) is 12.5 Å². The molecule has 0 radical (unpaired) electrons. The van der Waals surface area contributed by atoms with Gasteiger partial charge in [-0.05, 0) is 55.5 Å². The largest absolute Gasteiger partial charge is 0.493 e. The molecule has 7 heteroatoms. The molecule has 4 rings (SSSR count). The number of rotatable bonds is 10. The molecule has 3 aromatic rings. The Morgan fingerprint density at radius 1 is 0.941 bits per heavy atom. The van der Waals surface area contributed by atoms with E-state index in [-0.39, 0.29) is 29.9 Å². The van der Waals surface area contributed by atoms with Crippen LogP contribution in [0.1, 0.15) is 43.9 Å². The van der Waals surface area contributed by atoms with Gasteiger partial charge in [-0.3, -0.25) is 4.79 Å². The summed E-state index contributed by atoms with van der Waals surface area (Å²) in [6, 6.07) is 16.1. The van der Waals surface area contributed by atoms with Crippen molar-refractivity contribution in [2.45, 2.75) is 39.3 Å². The normalized spacial score (nSPS) is 13.8. The van der Waals surface area contributed by atoms with Gasteiger partial charge in [-0.25, -0.2) is 8.78 Å². The van der Waals surface area contributed by atoms with Crippen LogP contribution < -0.4 is 19.5 Å². The molecule has 1 unspecified atom stereocenters. The van der Waals surface area contributed by atoms with Crippen LogP contribution in [0.5, 0.6) is 23.0 Å². The van der Waals surface area contributed by atoms with Gasteiger partial charge in [-0.1, -0.05) is 18.2 Å². The molecule has 178 valence electrons. The van der Waals surface area contributed by atoms with Crippen molar-refractivity contribution >= 4 is 5.91 Å². The van der Waals surface area contributed by atoms with Crippen molar-refractivity contribution in [2.24, 2.45) is 5.92 Å². The van der Waals surface area contributed by atoms with E-state index in [2.05, 4.69) is 5.32 Å². The average molecular weight is 468 g/mol. The number of hydrogen-bond acceptors (Lipinski definition) is 4. The number of nitrogens with one attached hydrogen (secondary N) is 1. The van der Waals surface area contributed by atoms with Crippen molar-refractivity contribution in [3.63, 3.8) is 0 Å². The van der Waals surface area contributed by atoms with Gasteiger partial charge in [0.15, 0.2) is 0 Å². The topological polar surface area (TPSA) is 56.8 Å². The van der Waals surface area contributed by atoms with E-state index >= 15 is 0 Å². The van der Waals surface area contributed by atoms with Crippen LogP contribution in [0.15, 0.2) is 60.7 Å². The van der Waals surface area contributed by atoms with Crippen molar-refractivity contribution in [2.75, 3.05) is 6.61 Å².